The van der Waals surface area contributed by atoms with E-state index in [0.717, 1.165) is 11.3 Å². The van der Waals surface area contributed by atoms with Crippen molar-refractivity contribution in [3.63, 3.8) is 0 Å². The van der Waals surface area contributed by atoms with Gasteiger partial charge in [0.25, 0.3) is 5.56 Å². The van der Waals surface area contributed by atoms with Crippen molar-refractivity contribution in [1.82, 2.24) is 4.98 Å². The van der Waals surface area contributed by atoms with E-state index in [9.17, 15) is 4.79 Å². The van der Waals surface area contributed by atoms with Crippen molar-refractivity contribution in [3.05, 3.63) is 33.2 Å². The SMILES string of the molecule is CC1Cc2[nH]c(=O)c(C#N)cc2C(C)O1. The third kappa shape index (κ3) is 1.66. The molecule has 4 heteroatoms. The standard InChI is InChI=1S/C11H12N2O2/c1-6-3-10-9(7(2)15-6)4-8(5-12)11(14)13-10/h4,6-7H,3H2,1-2H3,(H,13,14). The van der Waals surface area contributed by atoms with Crippen LogP contribution in [0.5, 0.6) is 0 Å². The Morgan fingerprint density at radius 3 is 3.00 bits per heavy atom. The maximum atomic E-state index is 11.4. The lowest BCUT2D eigenvalue weighted by atomic mass is 9.99. The molecule has 0 aromatic carbocycles. The molecular weight excluding hydrogens is 192 g/mol. The summed E-state index contributed by atoms with van der Waals surface area (Å²) in [6, 6.07) is 3.51. The van der Waals surface area contributed by atoms with Gasteiger partial charge in [0.15, 0.2) is 0 Å². The van der Waals surface area contributed by atoms with Gasteiger partial charge in [0.1, 0.15) is 11.6 Å². The number of nitrogens with one attached hydrogen (secondary N) is 1. The van der Waals surface area contributed by atoms with Crippen molar-refractivity contribution in [3.8, 4) is 6.07 Å². The summed E-state index contributed by atoms with van der Waals surface area (Å²) in [6.07, 6.45) is 0.740. The summed E-state index contributed by atoms with van der Waals surface area (Å²) in [6.45, 7) is 3.89. The molecule has 0 spiro atoms. The quantitative estimate of drug-likeness (QED) is 0.692. The van der Waals surface area contributed by atoms with Crippen molar-refractivity contribution in [2.75, 3.05) is 0 Å². The van der Waals surface area contributed by atoms with Crippen molar-refractivity contribution < 1.29 is 4.74 Å². The largest absolute Gasteiger partial charge is 0.370 e. The third-order valence-electron chi connectivity index (χ3n) is 2.64. The topological polar surface area (TPSA) is 65.9 Å². The number of ether oxygens (including phenoxy) is 1. The van der Waals surface area contributed by atoms with E-state index in [1.54, 1.807) is 6.07 Å². The first-order valence-corrected chi connectivity index (χ1v) is 4.93. The zero-order valence-electron chi connectivity index (χ0n) is 8.70. The van der Waals surface area contributed by atoms with Gasteiger partial charge in [0.2, 0.25) is 0 Å². The highest BCUT2D eigenvalue weighted by molar-refractivity contribution is 5.35. The molecule has 2 atom stereocenters. The zero-order chi connectivity index (χ0) is 11.0. The van der Waals surface area contributed by atoms with Gasteiger partial charge in [0, 0.05) is 17.7 Å². The fourth-order valence-electron chi connectivity index (χ4n) is 1.96. The molecule has 78 valence electrons. The maximum Gasteiger partial charge on any atom is 0.266 e. The average Bonchev–Trinajstić information content (AvgIpc) is 2.16. The number of H-pyrrole nitrogens is 1. The number of aromatic amines is 1. The molecule has 2 rings (SSSR count). The van der Waals surface area contributed by atoms with Crippen molar-refractivity contribution >= 4 is 0 Å². The van der Waals surface area contributed by atoms with Crippen LogP contribution in [-0.4, -0.2) is 11.1 Å². The lowest BCUT2D eigenvalue weighted by Crippen LogP contribution is -2.27. The number of nitrogens with zero attached hydrogens (tertiary/aromatic N) is 1. The average molecular weight is 204 g/mol. The maximum absolute atomic E-state index is 11.4. The van der Waals surface area contributed by atoms with Crippen molar-refractivity contribution in [2.24, 2.45) is 0 Å². The lowest BCUT2D eigenvalue weighted by Gasteiger charge is -2.27. The van der Waals surface area contributed by atoms with E-state index in [0.29, 0.717) is 6.42 Å². The Kier molecular flexibility index (Phi) is 2.33. The van der Waals surface area contributed by atoms with Crippen LogP contribution in [0, 0.1) is 11.3 Å². The Balaban J connectivity index is 2.58. The van der Waals surface area contributed by atoms with E-state index in [4.69, 9.17) is 10.00 Å². The first-order valence-electron chi connectivity index (χ1n) is 4.93. The third-order valence-corrected chi connectivity index (χ3v) is 2.64. The first kappa shape index (κ1) is 9.94. The molecule has 0 bridgehead atoms. The smallest absolute Gasteiger partial charge is 0.266 e. The van der Waals surface area contributed by atoms with E-state index < -0.39 is 0 Å². The van der Waals surface area contributed by atoms with Crippen LogP contribution in [0.4, 0.5) is 0 Å². The Labute approximate surface area is 87.5 Å². The van der Waals surface area contributed by atoms with Crippen molar-refractivity contribution in [1.29, 1.82) is 5.26 Å². The Hall–Kier alpha value is -1.60. The second-order valence-electron chi connectivity index (χ2n) is 3.85. The Morgan fingerprint density at radius 1 is 1.60 bits per heavy atom. The predicted molar refractivity (Wildman–Crippen MR) is 54.4 cm³/mol. The van der Waals surface area contributed by atoms with Crippen LogP contribution < -0.4 is 5.56 Å². The summed E-state index contributed by atoms with van der Waals surface area (Å²) in [5.41, 5.74) is 1.66. The van der Waals surface area contributed by atoms with Crippen LogP contribution >= 0.6 is 0 Å². The Bertz CT molecular complexity index is 484. The van der Waals surface area contributed by atoms with Crippen LogP contribution in [0.2, 0.25) is 0 Å². The van der Waals surface area contributed by atoms with Gasteiger partial charge >= 0.3 is 0 Å². The minimum atomic E-state index is -0.308. The predicted octanol–water partition coefficient (Wildman–Crippen LogP) is 1.27. The number of fused-ring (bicyclic) bond motifs is 1. The molecule has 0 amide bonds. The van der Waals surface area contributed by atoms with E-state index in [1.807, 2.05) is 19.9 Å². The molecule has 0 saturated heterocycles. The van der Waals surface area contributed by atoms with E-state index in [1.165, 1.54) is 0 Å². The summed E-state index contributed by atoms with van der Waals surface area (Å²) in [5, 5.41) is 8.75. The van der Waals surface area contributed by atoms with Gasteiger partial charge in [-0.1, -0.05) is 0 Å². The van der Waals surface area contributed by atoms with Gasteiger partial charge in [-0.15, -0.1) is 0 Å². The van der Waals surface area contributed by atoms with Gasteiger partial charge in [0.05, 0.1) is 12.2 Å². The Morgan fingerprint density at radius 2 is 2.33 bits per heavy atom. The molecule has 2 unspecified atom stereocenters. The molecule has 1 aliphatic rings. The van der Waals surface area contributed by atoms with Gasteiger partial charge in [-0.05, 0) is 19.9 Å². The lowest BCUT2D eigenvalue weighted by molar-refractivity contribution is -0.00603. The highest BCUT2D eigenvalue weighted by Crippen LogP contribution is 2.27. The van der Waals surface area contributed by atoms with E-state index in [2.05, 4.69) is 4.98 Å². The molecule has 4 nitrogen and oxygen atoms in total. The first-order chi connectivity index (χ1) is 7.11. The number of hydrogen-bond donors (Lipinski definition) is 1. The summed E-state index contributed by atoms with van der Waals surface area (Å²) < 4.78 is 5.62. The second kappa shape index (κ2) is 3.52. The highest BCUT2D eigenvalue weighted by atomic mass is 16.5. The van der Waals surface area contributed by atoms with Crippen LogP contribution in [0.15, 0.2) is 10.9 Å². The molecular formula is C11H12N2O2. The number of rotatable bonds is 0. The number of nitriles is 1. The molecule has 0 fully saturated rings. The summed E-state index contributed by atoms with van der Waals surface area (Å²) in [4.78, 5) is 14.2. The molecule has 1 aromatic heterocycles. The normalized spacial score (nSPS) is 24.3. The molecule has 0 aliphatic carbocycles. The molecule has 2 heterocycles. The highest BCUT2D eigenvalue weighted by Gasteiger charge is 2.23. The zero-order valence-corrected chi connectivity index (χ0v) is 8.70. The van der Waals surface area contributed by atoms with Crippen LogP contribution in [0.1, 0.15) is 36.8 Å². The number of pyridine rings is 1. The van der Waals surface area contributed by atoms with Crippen LogP contribution in [-0.2, 0) is 11.2 Å². The molecule has 0 saturated carbocycles. The second-order valence-corrected chi connectivity index (χ2v) is 3.85. The minimum Gasteiger partial charge on any atom is -0.370 e. The molecule has 1 aromatic rings. The monoisotopic (exact) mass is 204 g/mol. The molecule has 15 heavy (non-hydrogen) atoms. The summed E-state index contributed by atoms with van der Waals surface area (Å²) >= 11 is 0. The fraction of sp³-hybridized carbons (Fsp3) is 0.455. The minimum absolute atomic E-state index is 0.0623. The van der Waals surface area contributed by atoms with Gasteiger partial charge in [-0.25, -0.2) is 0 Å². The van der Waals surface area contributed by atoms with Crippen LogP contribution in [0.3, 0.4) is 0 Å². The summed E-state index contributed by atoms with van der Waals surface area (Å²) in [7, 11) is 0. The van der Waals surface area contributed by atoms with Gasteiger partial charge in [-0.3, -0.25) is 4.79 Å². The van der Waals surface area contributed by atoms with Gasteiger partial charge < -0.3 is 9.72 Å². The number of hydrogen-bond acceptors (Lipinski definition) is 3. The molecule has 1 aliphatic heterocycles. The summed E-state index contributed by atoms with van der Waals surface area (Å²) in [5.74, 6) is 0. The number of aromatic nitrogens is 1. The van der Waals surface area contributed by atoms with E-state index in [-0.39, 0.29) is 23.3 Å². The van der Waals surface area contributed by atoms with Crippen LogP contribution in [0.25, 0.3) is 0 Å². The van der Waals surface area contributed by atoms with E-state index >= 15 is 0 Å². The van der Waals surface area contributed by atoms with Crippen molar-refractivity contribution in [2.45, 2.75) is 32.5 Å². The van der Waals surface area contributed by atoms with Gasteiger partial charge in [-0.2, -0.15) is 5.26 Å². The molecule has 1 N–H and O–H groups in total. The molecule has 0 radical (unpaired) electrons. The fourth-order valence-corrected chi connectivity index (χ4v) is 1.96.